The number of ether oxygens (including phenoxy) is 1. The molecule has 1 heterocycles. The minimum atomic E-state index is 0.522. The molecule has 0 amide bonds. The van der Waals surface area contributed by atoms with Crippen molar-refractivity contribution in [2.24, 2.45) is 4.99 Å². The predicted molar refractivity (Wildman–Crippen MR) is 102 cm³/mol. The molecule has 0 radical (unpaired) electrons. The van der Waals surface area contributed by atoms with Gasteiger partial charge in [0.25, 0.3) is 0 Å². The maximum absolute atomic E-state index is 5.55. The highest BCUT2D eigenvalue weighted by molar-refractivity contribution is 5.79. The van der Waals surface area contributed by atoms with Gasteiger partial charge in [-0.05, 0) is 37.1 Å². The molecule has 0 fully saturated rings. The normalized spacial score (nSPS) is 11.3. The van der Waals surface area contributed by atoms with Gasteiger partial charge in [-0.15, -0.1) is 0 Å². The molecule has 0 bridgehead atoms. The van der Waals surface area contributed by atoms with Gasteiger partial charge in [-0.25, -0.2) is 0 Å². The number of hydrogen-bond donors (Lipinski definition) is 3. The molecule has 0 aliphatic rings. The van der Waals surface area contributed by atoms with Crippen molar-refractivity contribution in [3.8, 4) is 0 Å². The maximum Gasteiger partial charge on any atom is 0.190 e. The Balaban J connectivity index is 1.45. The highest BCUT2D eigenvalue weighted by atomic mass is 16.5. The Kier molecular flexibility index (Phi) is 9.03. The molecule has 25 heavy (non-hydrogen) atoms. The zero-order valence-electron chi connectivity index (χ0n) is 14.8. The fourth-order valence-electron chi connectivity index (χ4n) is 2.25. The average Bonchev–Trinajstić information content (AvgIpc) is 3.17. The van der Waals surface area contributed by atoms with Crippen LogP contribution in [-0.4, -0.2) is 39.2 Å². The molecule has 6 nitrogen and oxygen atoms in total. The summed E-state index contributed by atoms with van der Waals surface area (Å²) in [5, 5.41) is 9.99. The van der Waals surface area contributed by atoms with E-state index in [2.05, 4.69) is 33.1 Å². The Hall–Kier alpha value is -2.47. The molecular formula is C19H28N4O2. The Morgan fingerprint density at radius 2 is 1.80 bits per heavy atom. The first-order valence-corrected chi connectivity index (χ1v) is 8.72. The predicted octanol–water partition coefficient (Wildman–Crippen LogP) is 2.85. The molecule has 0 unspecified atom stereocenters. The maximum atomic E-state index is 5.55. The lowest BCUT2D eigenvalue weighted by Crippen LogP contribution is -2.38. The van der Waals surface area contributed by atoms with Crippen LogP contribution in [0.25, 0.3) is 0 Å². The van der Waals surface area contributed by atoms with Crippen LogP contribution >= 0.6 is 0 Å². The van der Waals surface area contributed by atoms with Crippen molar-refractivity contribution in [3.63, 3.8) is 0 Å². The number of rotatable bonds is 11. The highest BCUT2D eigenvalue weighted by Crippen LogP contribution is 2.04. The van der Waals surface area contributed by atoms with Gasteiger partial charge in [-0.1, -0.05) is 18.2 Å². The zero-order valence-corrected chi connectivity index (χ0v) is 14.8. The van der Waals surface area contributed by atoms with E-state index in [1.807, 2.05) is 30.3 Å². The van der Waals surface area contributed by atoms with Gasteiger partial charge in [0.2, 0.25) is 0 Å². The van der Waals surface area contributed by atoms with Crippen molar-refractivity contribution in [2.75, 3.05) is 38.6 Å². The van der Waals surface area contributed by atoms with Gasteiger partial charge in [-0.3, -0.25) is 4.99 Å². The summed E-state index contributed by atoms with van der Waals surface area (Å²) in [6.07, 6.45) is 3.59. The van der Waals surface area contributed by atoms with E-state index in [1.165, 1.54) is 0 Å². The molecular weight excluding hydrogens is 316 g/mol. The van der Waals surface area contributed by atoms with Crippen molar-refractivity contribution >= 4 is 11.6 Å². The highest BCUT2D eigenvalue weighted by Gasteiger charge is 1.98. The van der Waals surface area contributed by atoms with Crippen LogP contribution in [0.5, 0.6) is 0 Å². The lowest BCUT2D eigenvalue weighted by Gasteiger charge is -2.12. The van der Waals surface area contributed by atoms with Gasteiger partial charge in [0, 0.05) is 39.0 Å². The van der Waals surface area contributed by atoms with Gasteiger partial charge in [0.1, 0.15) is 12.4 Å². The summed E-state index contributed by atoms with van der Waals surface area (Å²) < 4.78 is 10.8. The summed E-state index contributed by atoms with van der Waals surface area (Å²) in [6.45, 7) is 3.82. The van der Waals surface area contributed by atoms with Crippen LogP contribution in [0.4, 0.5) is 5.69 Å². The molecule has 6 heteroatoms. The first kappa shape index (κ1) is 18.9. The van der Waals surface area contributed by atoms with Crippen LogP contribution in [0.2, 0.25) is 0 Å². The van der Waals surface area contributed by atoms with Gasteiger partial charge < -0.3 is 25.1 Å². The lowest BCUT2D eigenvalue weighted by atomic mass is 10.3. The first-order valence-electron chi connectivity index (χ1n) is 8.72. The number of guanidine groups is 1. The van der Waals surface area contributed by atoms with E-state index in [4.69, 9.17) is 9.15 Å². The number of para-hydroxylation sites is 1. The number of furan rings is 1. The molecule has 1 aromatic carbocycles. The molecule has 0 aliphatic carbocycles. The SMILES string of the molecule is CN=C(NCCCNc1ccccc1)NCCCOCc1ccco1. The van der Waals surface area contributed by atoms with E-state index in [9.17, 15) is 0 Å². The van der Waals surface area contributed by atoms with Crippen LogP contribution in [0, 0.1) is 0 Å². The smallest absolute Gasteiger partial charge is 0.190 e. The van der Waals surface area contributed by atoms with Gasteiger partial charge in [-0.2, -0.15) is 0 Å². The molecule has 2 rings (SSSR count). The van der Waals surface area contributed by atoms with Crippen molar-refractivity contribution in [1.82, 2.24) is 10.6 Å². The number of nitrogens with zero attached hydrogens (tertiary/aromatic N) is 1. The molecule has 136 valence electrons. The minimum Gasteiger partial charge on any atom is -0.467 e. The van der Waals surface area contributed by atoms with Crippen molar-refractivity contribution in [1.29, 1.82) is 0 Å². The second kappa shape index (κ2) is 12.0. The van der Waals surface area contributed by atoms with Crippen LogP contribution in [-0.2, 0) is 11.3 Å². The lowest BCUT2D eigenvalue weighted by molar-refractivity contribution is 0.105. The molecule has 2 aromatic rings. The Morgan fingerprint density at radius 3 is 2.52 bits per heavy atom. The van der Waals surface area contributed by atoms with Crippen LogP contribution in [0.15, 0.2) is 58.1 Å². The average molecular weight is 344 g/mol. The number of hydrogen-bond acceptors (Lipinski definition) is 4. The van der Waals surface area contributed by atoms with Crippen molar-refractivity contribution in [2.45, 2.75) is 19.4 Å². The summed E-state index contributed by atoms with van der Waals surface area (Å²) in [5.74, 6) is 1.68. The quantitative estimate of drug-likeness (QED) is 0.332. The van der Waals surface area contributed by atoms with Gasteiger partial charge in [0.05, 0.1) is 6.26 Å². The van der Waals surface area contributed by atoms with E-state index in [0.717, 1.165) is 49.9 Å². The molecule has 1 aromatic heterocycles. The van der Waals surface area contributed by atoms with Crippen molar-refractivity contribution < 1.29 is 9.15 Å². The summed E-state index contributed by atoms with van der Waals surface area (Å²) in [7, 11) is 1.78. The van der Waals surface area contributed by atoms with Gasteiger partial charge in [0.15, 0.2) is 5.96 Å². The standard InChI is InChI=1S/C19H28N4O2/c1-20-19(22-12-6-11-21-17-8-3-2-4-9-17)23-13-7-14-24-16-18-10-5-15-25-18/h2-5,8-10,15,21H,6-7,11-14,16H2,1H3,(H2,20,22,23). The molecule has 0 saturated heterocycles. The zero-order chi connectivity index (χ0) is 17.6. The summed E-state index contributed by atoms with van der Waals surface area (Å²) in [6, 6.07) is 14.0. The fraction of sp³-hybridized carbons (Fsp3) is 0.421. The van der Waals surface area contributed by atoms with E-state index >= 15 is 0 Å². The second-order valence-corrected chi connectivity index (χ2v) is 5.56. The number of nitrogens with one attached hydrogen (secondary N) is 3. The minimum absolute atomic E-state index is 0.522. The van der Waals surface area contributed by atoms with Crippen molar-refractivity contribution in [3.05, 3.63) is 54.5 Å². The number of aliphatic imine (C=N–C) groups is 1. The summed E-state index contributed by atoms with van der Waals surface area (Å²) in [4.78, 5) is 4.22. The van der Waals surface area contributed by atoms with E-state index in [-0.39, 0.29) is 0 Å². The third kappa shape index (κ3) is 8.26. The molecule has 0 spiro atoms. The fourth-order valence-corrected chi connectivity index (χ4v) is 2.25. The molecule has 0 saturated carbocycles. The van der Waals surface area contributed by atoms with Crippen LogP contribution in [0.1, 0.15) is 18.6 Å². The van der Waals surface area contributed by atoms with E-state index in [0.29, 0.717) is 13.2 Å². The van der Waals surface area contributed by atoms with Gasteiger partial charge >= 0.3 is 0 Å². The Labute approximate surface area is 149 Å². The third-order valence-electron chi connectivity index (χ3n) is 3.55. The Morgan fingerprint density at radius 1 is 1.00 bits per heavy atom. The first-order chi connectivity index (χ1) is 12.4. The topological polar surface area (TPSA) is 70.8 Å². The second-order valence-electron chi connectivity index (χ2n) is 5.56. The van der Waals surface area contributed by atoms with Crippen LogP contribution < -0.4 is 16.0 Å². The molecule has 0 atom stereocenters. The largest absolute Gasteiger partial charge is 0.467 e. The number of anilines is 1. The summed E-state index contributed by atoms with van der Waals surface area (Å²) in [5.41, 5.74) is 1.15. The number of benzene rings is 1. The van der Waals surface area contributed by atoms with E-state index < -0.39 is 0 Å². The molecule has 0 aliphatic heterocycles. The monoisotopic (exact) mass is 344 g/mol. The van der Waals surface area contributed by atoms with Crippen LogP contribution in [0.3, 0.4) is 0 Å². The van der Waals surface area contributed by atoms with E-state index in [1.54, 1.807) is 13.3 Å². The summed E-state index contributed by atoms with van der Waals surface area (Å²) >= 11 is 0. The third-order valence-corrected chi connectivity index (χ3v) is 3.55. The Bertz CT molecular complexity index is 585. The molecule has 3 N–H and O–H groups in total.